The maximum atomic E-state index is 4.19. The fourth-order valence-corrected chi connectivity index (χ4v) is 0.884. The van der Waals surface area contributed by atoms with Crippen molar-refractivity contribution in [3.63, 3.8) is 0 Å². The third-order valence-electron chi connectivity index (χ3n) is 1.40. The van der Waals surface area contributed by atoms with Gasteiger partial charge in [0.25, 0.3) is 0 Å². The third-order valence-corrected chi connectivity index (χ3v) is 1.40. The van der Waals surface area contributed by atoms with Crippen molar-refractivity contribution >= 4 is 12.4 Å². The van der Waals surface area contributed by atoms with Crippen molar-refractivity contribution in [3.8, 4) is 0 Å². The van der Waals surface area contributed by atoms with Crippen molar-refractivity contribution in [1.29, 1.82) is 0 Å². The van der Waals surface area contributed by atoms with Crippen molar-refractivity contribution in [3.05, 3.63) is 61.5 Å². The zero-order valence-electron chi connectivity index (χ0n) is 9.06. The van der Waals surface area contributed by atoms with Crippen molar-refractivity contribution in [2.24, 2.45) is 9.98 Å². The van der Waals surface area contributed by atoms with E-state index in [1.54, 1.807) is 42.8 Å². The Balaban J connectivity index is 5.18. The molecule has 0 aliphatic rings. The SMILES string of the molecule is C=C\C=N/C(=C\C=C)C(=C/C=C)/N=C\C. The van der Waals surface area contributed by atoms with E-state index in [9.17, 15) is 0 Å². The second kappa shape index (κ2) is 8.63. The summed E-state index contributed by atoms with van der Waals surface area (Å²) in [7, 11) is 0. The fourth-order valence-electron chi connectivity index (χ4n) is 0.884. The summed E-state index contributed by atoms with van der Waals surface area (Å²) in [4.78, 5) is 8.37. The summed E-state index contributed by atoms with van der Waals surface area (Å²) >= 11 is 0. The smallest absolute Gasteiger partial charge is 0.0885 e. The molecule has 2 nitrogen and oxygen atoms in total. The molecule has 0 atom stereocenters. The molecule has 0 bridgehead atoms. The summed E-state index contributed by atoms with van der Waals surface area (Å²) in [6.07, 6.45) is 11.8. The highest BCUT2D eigenvalue weighted by Gasteiger charge is 1.97. The van der Waals surface area contributed by atoms with E-state index in [1.165, 1.54) is 0 Å². The largest absolute Gasteiger partial charge is 0.259 e. The van der Waals surface area contributed by atoms with Crippen LogP contribution < -0.4 is 0 Å². The average Bonchev–Trinajstić information content (AvgIpc) is 2.24. The lowest BCUT2D eigenvalue weighted by molar-refractivity contribution is 1.25. The lowest BCUT2D eigenvalue weighted by atomic mass is 10.3. The van der Waals surface area contributed by atoms with E-state index in [0.29, 0.717) is 0 Å². The molecule has 0 aliphatic carbocycles. The molecule has 0 amide bonds. The molecule has 0 fully saturated rings. The number of aliphatic imine (C=N–C) groups is 2. The van der Waals surface area contributed by atoms with Crippen LogP contribution in [0.4, 0.5) is 0 Å². The molecule has 0 unspecified atom stereocenters. The van der Waals surface area contributed by atoms with Gasteiger partial charge in [0.05, 0.1) is 11.4 Å². The molecule has 0 aromatic carbocycles. The molecule has 0 N–H and O–H groups in total. The predicted molar refractivity (Wildman–Crippen MR) is 69.4 cm³/mol. The van der Waals surface area contributed by atoms with Crippen LogP contribution in [0, 0.1) is 0 Å². The van der Waals surface area contributed by atoms with Gasteiger partial charge < -0.3 is 0 Å². The monoisotopic (exact) mass is 200 g/mol. The number of nitrogens with zero attached hydrogens (tertiary/aromatic N) is 2. The van der Waals surface area contributed by atoms with Crippen molar-refractivity contribution < 1.29 is 0 Å². The van der Waals surface area contributed by atoms with Gasteiger partial charge in [0, 0.05) is 12.4 Å². The van der Waals surface area contributed by atoms with Crippen LogP contribution in [0.3, 0.4) is 0 Å². The first kappa shape index (κ1) is 13.0. The molecule has 0 aromatic heterocycles. The van der Waals surface area contributed by atoms with Gasteiger partial charge in [-0.15, -0.1) is 0 Å². The maximum absolute atomic E-state index is 4.19. The number of hydrogen-bond donors (Lipinski definition) is 0. The van der Waals surface area contributed by atoms with Crippen LogP contribution in [0.2, 0.25) is 0 Å². The Bertz CT molecular complexity index is 342. The molecule has 2 heteroatoms. The van der Waals surface area contributed by atoms with E-state index in [1.807, 2.05) is 6.92 Å². The van der Waals surface area contributed by atoms with E-state index in [2.05, 4.69) is 29.7 Å². The number of hydrogen-bond acceptors (Lipinski definition) is 2. The van der Waals surface area contributed by atoms with Crippen LogP contribution in [0.15, 0.2) is 71.5 Å². The molecule has 0 spiro atoms. The lowest BCUT2D eigenvalue weighted by Crippen LogP contribution is -1.84. The van der Waals surface area contributed by atoms with Crippen LogP contribution in [0.1, 0.15) is 6.92 Å². The van der Waals surface area contributed by atoms with Gasteiger partial charge >= 0.3 is 0 Å². The van der Waals surface area contributed by atoms with Gasteiger partial charge in [-0.05, 0) is 19.1 Å². The normalized spacial score (nSPS) is 13.4. The minimum absolute atomic E-state index is 0.725. The third kappa shape index (κ3) is 5.37. The Labute approximate surface area is 91.5 Å². The number of rotatable bonds is 6. The van der Waals surface area contributed by atoms with Crippen LogP contribution in [-0.4, -0.2) is 12.4 Å². The Kier molecular flexibility index (Phi) is 7.50. The van der Waals surface area contributed by atoms with E-state index in [-0.39, 0.29) is 0 Å². The zero-order chi connectivity index (χ0) is 11.5. The molecule has 0 heterocycles. The van der Waals surface area contributed by atoms with E-state index >= 15 is 0 Å². The van der Waals surface area contributed by atoms with Gasteiger partial charge in [-0.1, -0.05) is 38.0 Å². The highest BCUT2D eigenvalue weighted by molar-refractivity contribution is 5.72. The lowest BCUT2D eigenvalue weighted by Gasteiger charge is -1.99. The van der Waals surface area contributed by atoms with Gasteiger partial charge in [0.15, 0.2) is 0 Å². The number of allylic oxidation sites excluding steroid dienone is 5. The highest BCUT2D eigenvalue weighted by atomic mass is 14.8. The minimum Gasteiger partial charge on any atom is -0.259 e. The van der Waals surface area contributed by atoms with Crippen molar-refractivity contribution in [2.75, 3.05) is 0 Å². The average molecular weight is 200 g/mol. The quantitative estimate of drug-likeness (QED) is 0.463. The first-order chi connectivity index (χ1) is 7.29. The van der Waals surface area contributed by atoms with Gasteiger partial charge in [0.2, 0.25) is 0 Å². The second-order valence-corrected chi connectivity index (χ2v) is 2.48. The summed E-state index contributed by atoms with van der Waals surface area (Å²) in [5, 5.41) is 0. The molecular weight excluding hydrogens is 184 g/mol. The Morgan fingerprint density at radius 1 is 0.867 bits per heavy atom. The van der Waals surface area contributed by atoms with E-state index in [0.717, 1.165) is 11.4 Å². The Morgan fingerprint density at radius 3 is 1.80 bits per heavy atom. The standard InChI is InChI=1S/C13H16N2/c1-5-9-12(14-8-4)13(10-6-2)15-11-7-3/h5-11H,1-3H2,4H3/b12-9-,13-10-,14-8-,15-11-. The van der Waals surface area contributed by atoms with E-state index in [4.69, 9.17) is 0 Å². The van der Waals surface area contributed by atoms with Gasteiger partial charge in [-0.2, -0.15) is 0 Å². The zero-order valence-corrected chi connectivity index (χ0v) is 9.06. The molecule has 0 aliphatic heterocycles. The van der Waals surface area contributed by atoms with Gasteiger partial charge in [-0.3, -0.25) is 9.98 Å². The molecule has 0 radical (unpaired) electrons. The van der Waals surface area contributed by atoms with Crippen LogP contribution in [-0.2, 0) is 0 Å². The summed E-state index contributed by atoms with van der Waals surface area (Å²) < 4.78 is 0. The fraction of sp³-hybridized carbons (Fsp3) is 0.0769. The van der Waals surface area contributed by atoms with Crippen LogP contribution >= 0.6 is 0 Å². The van der Waals surface area contributed by atoms with Gasteiger partial charge in [-0.25, -0.2) is 0 Å². The van der Waals surface area contributed by atoms with Crippen LogP contribution in [0.5, 0.6) is 0 Å². The minimum atomic E-state index is 0.725. The summed E-state index contributed by atoms with van der Waals surface area (Å²) in [6.45, 7) is 12.7. The molecule has 0 saturated carbocycles. The van der Waals surface area contributed by atoms with Crippen molar-refractivity contribution in [1.82, 2.24) is 0 Å². The maximum Gasteiger partial charge on any atom is 0.0885 e. The molecule has 0 saturated heterocycles. The van der Waals surface area contributed by atoms with Crippen molar-refractivity contribution in [2.45, 2.75) is 6.92 Å². The predicted octanol–water partition coefficient (Wildman–Crippen LogP) is 3.47. The molecule has 15 heavy (non-hydrogen) atoms. The summed E-state index contributed by atoms with van der Waals surface area (Å²) in [6, 6.07) is 0. The molecule has 0 aromatic rings. The second-order valence-electron chi connectivity index (χ2n) is 2.48. The van der Waals surface area contributed by atoms with E-state index < -0.39 is 0 Å². The molecule has 78 valence electrons. The summed E-state index contributed by atoms with van der Waals surface area (Å²) in [5.41, 5.74) is 1.47. The highest BCUT2D eigenvalue weighted by Crippen LogP contribution is 2.12. The molecule has 0 rings (SSSR count). The first-order valence-electron chi connectivity index (χ1n) is 4.59. The first-order valence-corrected chi connectivity index (χ1v) is 4.59. The summed E-state index contributed by atoms with van der Waals surface area (Å²) in [5.74, 6) is 0. The molecular formula is C13H16N2. The Morgan fingerprint density at radius 2 is 1.40 bits per heavy atom. The van der Waals surface area contributed by atoms with Crippen LogP contribution in [0.25, 0.3) is 0 Å². The topological polar surface area (TPSA) is 24.7 Å². The van der Waals surface area contributed by atoms with Gasteiger partial charge in [0.1, 0.15) is 0 Å². The Hall–Kier alpha value is -1.96.